The highest BCUT2D eigenvalue weighted by Crippen LogP contribution is 2.31. The molecule has 0 bridgehead atoms. The molecule has 1 saturated heterocycles. The quantitative estimate of drug-likeness (QED) is 0.733. The maximum atomic E-state index is 11.7. The zero-order valence-electron chi connectivity index (χ0n) is 13.8. The van der Waals surface area contributed by atoms with E-state index in [1.807, 2.05) is 36.4 Å². The van der Waals surface area contributed by atoms with E-state index < -0.39 is 5.97 Å². The number of hydrogen-bond acceptors (Lipinski definition) is 4. The SMILES string of the molecule is O=C(O)[C@@H](Cc1cccc(-c2nc3ccccc3s2)c1)[C@H]1CCNC1. The predicted molar refractivity (Wildman–Crippen MR) is 101 cm³/mol. The molecule has 4 nitrogen and oxygen atoms in total. The summed E-state index contributed by atoms with van der Waals surface area (Å²) in [4.78, 5) is 16.4. The van der Waals surface area contributed by atoms with E-state index in [1.54, 1.807) is 11.3 Å². The van der Waals surface area contributed by atoms with Gasteiger partial charge in [-0.2, -0.15) is 0 Å². The standard InChI is InChI=1S/C20H20N2O2S/c23-20(24)16(15-8-9-21-12-15)11-13-4-3-5-14(10-13)19-22-17-6-1-2-7-18(17)25-19/h1-7,10,15-16,21H,8-9,11-12H2,(H,23,24)/t15-,16-/m0/s1. The number of hydrogen-bond donors (Lipinski definition) is 2. The van der Waals surface area contributed by atoms with Crippen LogP contribution in [0.5, 0.6) is 0 Å². The second-order valence-corrected chi connectivity index (χ2v) is 7.62. The monoisotopic (exact) mass is 352 g/mol. The van der Waals surface area contributed by atoms with E-state index in [0.717, 1.165) is 41.2 Å². The van der Waals surface area contributed by atoms with Crippen molar-refractivity contribution in [1.82, 2.24) is 10.3 Å². The second kappa shape index (κ2) is 6.94. The molecule has 3 aromatic rings. The van der Waals surface area contributed by atoms with Crippen LogP contribution >= 0.6 is 11.3 Å². The molecule has 0 saturated carbocycles. The minimum atomic E-state index is -0.695. The Bertz CT molecular complexity index is 866. The fourth-order valence-electron chi connectivity index (χ4n) is 3.56. The lowest BCUT2D eigenvalue weighted by atomic mass is 9.86. The van der Waals surface area contributed by atoms with Crippen molar-refractivity contribution in [2.24, 2.45) is 11.8 Å². The summed E-state index contributed by atoms with van der Waals surface area (Å²) in [5.74, 6) is -0.816. The Kier molecular flexibility index (Phi) is 4.51. The highest BCUT2D eigenvalue weighted by Gasteiger charge is 2.30. The van der Waals surface area contributed by atoms with Crippen LogP contribution in [0.1, 0.15) is 12.0 Å². The third-order valence-electron chi connectivity index (χ3n) is 4.91. The molecule has 4 rings (SSSR count). The van der Waals surface area contributed by atoms with Crippen LogP contribution in [0, 0.1) is 11.8 Å². The number of aliphatic carboxylic acids is 1. The lowest BCUT2D eigenvalue weighted by Gasteiger charge is -2.18. The lowest BCUT2D eigenvalue weighted by Crippen LogP contribution is -2.27. The van der Waals surface area contributed by atoms with E-state index in [4.69, 9.17) is 4.98 Å². The number of para-hydroxylation sites is 1. The number of carbonyl (C=O) groups is 1. The average molecular weight is 352 g/mol. The first kappa shape index (κ1) is 16.2. The number of aromatic nitrogens is 1. The van der Waals surface area contributed by atoms with Crippen LogP contribution in [0.3, 0.4) is 0 Å². The number of thiazole rings is 1. The van der Waals surface area contributed by atoms with Gasteiger partial charge in [0.05, 0.1) is 16.1 Å². The molecule has 25 heavy (non-hydrogen) atoms. The first-order valence-electron chi connectivity index (χ1n) is 8.59. The van der Waals surface area contributed by atoms with E-state index in [-0.39, 0.29) is 11.8 Å². The third kappa shape index (κ3) is 3.43. The number of nitrogens with one attached hydrogen (secondary N) is 1. The van der Waals surface area contributed by atoms with Gasteiger partial charge in [0.2, 0.25) is 0 Å². The largest absolute Gasteiger partial charge is 0.481 e. The molecule has 2 atom stereocenters. The highest BCUT2D eigenvalue weighted by atomic mass is 32.1. The molecule has 0 unspecified atom stereocenters. The molecule has 0 spiro atoms. The number of carboxylic acid groups (broad SMARTS) is 1. The Morgan fingerprint density at radius 2 is 2.16 bits per heavy atom. The van der Waals surface area contributed by atoms with Gasteiger partial charge >= 0.3 is 5.97 Å². The zero-order valence-corrected chi connectivity index (χ0v) is 14.6. The van der Waals surface area contributed by atoms with Crippen molar-refractivity contribution in [3.63, 3.8) is 0 Å². The molecule has 0 amide bonds. The van der Waals surface area contributed by atoms with Crippen LogP contribution in [-0.4, -0.2) is 29.1 Å². The van der Waals surface area contributed by atoms with Crippen molar-refractivity contribution in [2.45, 2.75) is 12.8 Å². The zero-order chi connectivity index (χ0) is 17.2. The summed E-state index contributed by atoms with van der Waals surface area (Å²) in [5, 5.41) is 13.9. The summed E-state index contributed by atoms with van der Waals surface area (Å²) in [6.45, 7) is 1.72. The molecule has 2 aromatic carbocycles. The maximum absolute atomic E-state index is 11.7. The van der Waals surface area contributed by atoms with Crippen LogP contribution in [0.2, 0.25) is 0 Å². The van der Waals surface area contributed by atoms with Crippen molar-refractivity contribution in [3.8, 4) is 10.6 Å². The number of benzene rings is 2. The number of rotatable bonds is 5. The fraction of sp³-hybridized carbons (Fsp3) is 0.300. The summed E-state index contributed by atoms with van der Waals surface area (Å²) >= 11 is 1.67. The maximum Gasteiger partial charge on any atom is 0.307 e. The van der Waals surface area contributed by atoms with Crippen LogP contribution in [-0.2, 0) is 11.2 Å². The molecule has 2 N–H and O–H groups in total. The molecule has 1 aliphatic heterocycles. The number of fused-ring (bicyclic) bond motifs is 1. The molecule has 1 fully saturated rings. The van der Waals surface area contributed by atoms with Crippen LogP contribution in [0.15, 0.2) is 48.5 Å². The van der Waals surface area contributed by atoms with Crippen molar-refractivity contribution >= 4 is 27.5 Å². The average Bonchev–Trinajstić information content (AvgIpc) is 3.29. The van der Waals surface area contributed by atoms with Crippen molar-refractivity contribution in [1.29, 1.82) is 0 Å². The molecule has 128 valence electrons. The normalized spacial score (nSPS) is 18.5. The fourth-order valence-corrected chi connectivity index (χ4v) is 4.52. The van der Waals surface area contributed by atoms with Gasteiger partial charge < -0.3 is 10.4 Å². The molecule has 2 heterocycles. The first-order valence-corrected chi connectivity index (χ1v) is 9.41. The van der Waals surface area contributed by atoms with E-state index in [1.165, 1.54) is 4.70 Å². The molecular weight excluding hydrogens is 332 g/mol. The third-order valence-corrected chi connectivity index (χ3v) is 5.99. The summed E-state index contributed by atoms with van der Waals surface area (Å²) in [6, 6.07) is 16.3. The molecule has 1 aliphatic rings. The molecule has 0 aliphatic carbocycles. The second-order valence-electron chi connectivity index (χ2n) is 6.59. The summed E-state index contributed by atoms with van der Waals surface area (Å²) in [7, 11) is 0. The van der Waals surface area contributed by atoms with E-state index in [2.05, 4.69) is 17.4 Å². The minimum absolute atomic E-state index is 0.212. The van der Waals surface area contributed by atoms with Gasteiger partial charge in [-0.05, 0) is 55.6 Å². The Morgan fingerprint density at radius 1 is 1.28 bits per heavy atom. The van der Waals surface area contributed by atoms with Gasteiger partial charge in [-0.1, -0.05) is 30.3 Å². The minimum Gasteiger partial charge on any atom is -0.481 e. The lowest BCUT2D eigenvalue weighted by molar-refractivity contribution is -0.143. The molecule has 0 radical (unpaired) electrons. The van der Waals surface area contributed by atoms with Gasteiger partial charge in [0.25, 0.3) is 0 Å². The van der Waals surface area contributed by atoms with E-state index >= 15 is 0 Å². The Hall–Kier alpha value is -2.24. The van der Waals surface area contributed by atoms with Gasteiger partial charge in [-0.25, -0.2) is 4.98 Å². The Balaban J connectivity index is 1.61. The summed E-state index contributed by atoms with van der Waals surface area (Å²) in [5.41, 5.74) is 3.14. The summed E-state index contributed by atoms with van der Waals surface area (Å²) in [6.07, 6.45) is 1.51. The van der Waals surface area contributed by atoms with E-state index in [9.17, 15) is 9.90 Å². The van der Waals surface area contributed by atoms with Crippen molar-refractivity contribution in [2.75, 3.05) is 13.1 Å². The van der Waals surface area contributed by atoms with Gasteiger partial charge in [-0.15, -0.1) is 11.3 Å². The number of nitrogens with zero attached hydrogens (tertiary/aromatic N) is 1. The molecular formula is C20H20N2O2S. The first-order chi connectivity index (χ1) is 12.2. The molecule has 5 heteroatoms. The number of carboxylic acids is 1. The van der Waals surface area contributed by atoms with Gasteiger partial charge in [0.1, 0.15) is 5.01 Å². The summed E-state index contributed by atoms with van der Waals surface area (Å²) < 4.78 is 1.17. The van der Waals surface area contributed by atoms with Gasteiger partial charge in [0, 0.05) is 5.56 Å². The molecule has 1 aromatic heterocycles. The van der Waals surface area contributed by atoms with Crippen molar-refractivity contribution in [3.05, 3.63) is 54.1 Å². The van der Waals surface area contributed by atoms with Gasteiger partial charge in [0.15, 0.2) is 0 Å². The smallest absolute Gasteiger partial charge is 0.307 e. The van der Waals surface area contributed by atoms with Crippen LogP contribution in [0.4, 0.5) is 0 Å². The Labute approximate surface area is 150 Å². The van der Waals surface area contributed by atoms with Crippen molar-refractivity contribution < 1.29 is 9.90 Å². The van der Waals surface area contributed by atoms with Crippen LogP contribution < -0.4 is 5.32 Å². The van der Waals surface area contributed by atoms with Gasteiger partial charge in [-0.3, -0.25) is 4.79 Å². The Morgan fingerprint density at radius 3 is 2.92 bits per heavy atom. The van der Waals surface area contributed by atoms with Crippen LogP contribution in [0.25, 0.3) is 20.8 Å². The predicted octanol–water partition coefficient (Wildman–Crippen LogP) is 3.82. The highest BCUT2D eigenvalue weighted by molar-refractivity contribution is 7.21. The topological polar surface area (TPSA) is 62.2 Å². The van der Waals surface area contributed by atoms with E-state index in [0.29, 0.717) is 6.42 Å².